The van der Waals surface area contributed by atoms with Crippen molar-refractivity contribution in [3.05, 3.63) is 35.4 Å². The third-order valence-electron chi connectivity index (χ3n) is 3.91. The molecule has 1 saturated heterocycles. The van der Waals surface area contributed by atoms with Crippen LogP contribution in [0.5, 0.6) is 0 Å². The number of nitrogens with zero attached hydrogens (tertiary/aromatic N) is 1. The molecule has 1 heteroatoms. The summed E-state index contributed by atoms with van der Waals surface area (Å²) >= 11 is 0. The van der Waals surface area contributed by atoms with E-state index in [1.807, 2.05) is 0 Å². The molecule has 1 aromatic carbocycles. The molecule has 0 spiro atoms. The Bertz CT molecular complexity index is 375. The lowest BCUT2D eigenvalue weighted by atomic mass is 9.94. The molecule has 0 saturated carbocycles. The van der Waals surface area contributed by atoms with Crippen molar-refractivity contribution in [3.63, 3.8) is 0 Å². The summed E-state index contributed by atoms with van der Waals surface area (Å²) in [4.78, 5) is 2.67. The Morgan fingerprint density at radius 1 is 1.24 bits per heavy atom. The van der Waals surface area contributed by atoms with Crippen LogP contribution in [0.25, 0.3) is 0 Å². The highest BCUT2D eigenvalue weighted by Crippen LogP contribution is 2.38. The van der Waals surface area contributed by atoms with Crippen molar-refractivity contribution in [2.75, 3.05) is 6.54 Å². The first-order chi connectivity index (χ1) is 8.04. The van der Waals surface area contributed by atoms with E-state index in [9.17, 15) is 0 Å². The number of benzene rings is 1. The standard InChI is InChI=1S/C16H25N/c1-5-13-9-6-7-10-14(13)15-11-8-12-17(15)16(2,3)4/h6-7,9-10,15H,5,8,11-12H2,1-4H3. The van der Waals surface area contributed by atoms with E-state index in [1.165, 1.54) is 24.9 Å². The fourth-order valence-corrected chi connectivity index (χ4v) is 3.07. The van der Waals surface area contributed by atoms with E-state index in [4.69, 9.17) is 0 Å². The molecule has 0 radical (unpaired) electrons. The second kappa shape index (κ2) is 4.81. The Kier molecular flexibility index (Phi) is 3.58. The largest absolute Gasteiger partial charge is 0.291 e. The maximum atomic E-state index is 2.67. The van der Waals surface area contributed by atoms with Crippen molar-refractivity contribution < 1.29 is 0 Å². The van der Waals surface area contributed by atoms with Gasteiger partial charge in [0.2, 0.25) is 0 Å². The molecule has 1 aliphatic rings. The van der Waals surface area contributed by atoms with Crippen molar-refractivity contribution in [1.29, 1.82) is 0 Å². The molecule has 1 heterocycles. The van der Waals surface area contributed by atoms with Gasteiger partial charge in [0.25, 0.3) is 0 Å². The molecule has 17 heavy (non-hydrogen) atoms. The smallest absolute Gasteiger partial charge is 0.0356 e. The van der Waals surface area contributed by atoms with Gasteiger partial charge in [0, 0.05) is 11.6 Å². The zero-order chi connectivity index (χ0) is 12.5. The van der Waals surface area contributed by atoms with Crippen LogP contribution in [-0.2, 0) is 6.42 Å². The van der Waals surface area contributed by atoms with Crippen LogP contribution in [-0.4, -0.2) is 17.0 Å². The second-order valence-electron chi connectivity index (χ2n) is 6.07. The van der Waals surface area contributed by atoms with E-state index < -0.39 is 0 Å². The Morgan fingerprint density at radius 2 is 1.94 bits per heavy atom. The molecule has 1 unspecified atom stereocenters. The van der Waals surface area contributed by atoms with E-state index in [-0.39, 0.29) is 5.54 Å². The van der Waals surface area contributed by atoms with Gasteiger partial charge in [-0.1, -0.05) is 31.2 Å². The first-order valence-corrected chi connectivity index (χ1v) is 6.88. The summed E-state index contributed by atoms with van der Waals surface area (Å²) in [5.41, 5.74) is 3.36. The molecule has 0 bridgehead atoms. The zero-order valence-corrected chi connectivity index (χ0v) is 11.7. The van der Waals surface area contributed by atoms with Crippen LogP contribution in [0.3, 0.4) is 0 Å². The van der Waals surface area contributed by atoms with E-state index in [0.29, 0.717) is 6.04 Å². The number of aryl methyl sites for hydroxylation is 1. The fourth-order valence-electron chi connectivity index (χ4n) is 3.07. The molecular weight excluding hydrogens is 206 g/mol. The Hall–Kier alpha value is -0.820. The van der Waals surface area contributed by atoms with Crippen molar-refractivity contribution >= 4 is 0 Å². The summed E-state index contributed by atoms with van der Waals surface area (Å²) in [7, 11) is 0. The van der Waals surface area contributed by atoms with Crippen LogP contribution in [0.1, 0.15) is 57.7 Å². The number of hydrogen-bond acceptors (Lipinski definition) is 1. The quantitative estimate of drug-likeness (QED) is 0.738. The molecule has 2 rings (SSSR count). The van der Waals surface area contributed by atoms with Gasteiger partial charge >= 0.3 is 0 Å². The van der Waals surface area contributed by atoms with Crippen molar-refractivity contribution in [2.45, 2.75) is 58.5 Å². The van der Waals surface area contributed by atoms with Crippen molar-refractivity contribution in [1.82, 2.24) is 4.90 Å². The minimum atomic E-state index is 0.280. The highest BCUT2D eigenvalue weighted by Gasteiger charge is 2.34. The first kappa shape index (κ1) is 12.6. The van der Waals surface area contributed by atoms with Gasteiger partial charge in [-0.25, -0.2) is 0 Å². The Morgan fingerprint density at radius 3 is 2.59 bits per heavy atom. The summed E-state index contributed by atoms with van der Waals surface area (Å²) in [6.45, 7) is 10.5. The van der Waals surface area contributed by atoms with Gasteiger partial charge in [-0.2, -0.15) is 0 Å². The summed E-state index contributed by atoms with van der Waals surface area (Å²) in [5, 5.41) is 0. The van der Waals surface area contributed by atoms with Gasteiger partial charge in [0.05, 0.1) is 0 Å². The second-order valence-corrected chi connectivity index (χ2v) is 6.07. The van der Waals surface area contributed by atoms with Gasteiger partial charge in [0.15, 0.2) is 0 Å². The first-order valence-electron chi connectivity index (χ1n) is 6.88. The van der Waals surface area contributed by atoms with Crippen molar-refractivity contribution in [2.24, 2.45) is 0 Å². The normalized spacial score (nSPS) is 22.0. The van der Waals surface area contributed by atoms with Crippen LogP contribution in [0.4, 0.5) is 0 Å². The molecule has 1 atom stereocenters. The molecule has 94 valence electrons. The molecular formula is C16H25N. The topological polar surface area (TPSA) is 3.24 Å². The molecule has 1 fully saturated rings. The van der Waals surface area contributed by atoms with Crippen LogP contribution in [0.2, 0.25) is 0 Å². The Balaban J connectivity index is 2.32. The van der Waals surface area contributed by atoms with E-state index in [2.05, 4.69) is 56.9 Å². The van der Waals surface area contributed by atoms with E-state index in [1.54, 1.807) is 5.56 Å². The highest BCUT2D eigenvalue weighted by atomic mass is 15.2. The molecule has 0 N–H and O–H groups in total. The lowest BCUT2D eigenvalue weighted by Gasteiger charge is -2.38. The van der Waals surface area contributed by atoms with Gasteiger partial charge in [-0.3, -0.25) is 4.90 Å². The van der Waals surface area contributed by atoms with Crippen LogP contribution in [0, 0.1) is 0 Å². The summed E-state index contributed by atoms with van der Waals surface area (Å²) < 4.78 is 0. The lowest BCUT2D eigenvalue weighted by Crippen LogP contribution is -2.40. The molecule has 1 aromatic rings. The average Bonchev–Trinajstić information content (AvgIpc) is 2.77. The predicted octanol–water partition coefficient (Wildman–Crippen LogP) is 4.18. The molecule has 1 aliphatic heterocycles. The van der Waals surface area contributed by atoms with Gasteiger partial charge < -0.3 is 0 Å². The summed E-state index contributed by atoms with van der Waals surface area (Å²) in [6.07, 6.45) is 3.79. The third-order valence-corrected chi connectivity index (χ3v) is 3.91. The molecule has 0 aromatic heterocycles. The highest BCUT2D eigenvalue weighted by molar-refractivity contribution is 5.31. The fraction of sp³-hybridized carbons (Fsp3) is 0.625. The number of rotatable bonds is 2. The Labute approximate surface area is 106 Å². The number of hydrogen-bond donors (Lipinski definition) is 0. The van der Waals surface area contributed by atoms with Gasteiger partial charge in [-0.15, -0.1) is 0 Å². The molecule has 1 nitrogen and oxygen atoms in total. The van der Waals surface area contributed by atoms with Crippen LogP contribution >= 0.6 is 0 Å². The van der Waals surface area contributed by atoms with E-state index >= 15 is 0 Å². The van der Waals surface area contributed by atoms with Crippen molar-refractivity contribution in [3.8, 4) is 0 Å². The lowest BCUT2D eigenvalue weighted by molar-refractivity contribution is 0.121. The SMILES string of the molecule is CCc1ccccc1C1CCCN1C(C)(C)C. The van der Waals surface area contributed by atoms with Gasteiger partial charge in [0.1, 0.15) is 0 Å². The van der Waals surface area contributed by atoms with Gasteiger partial charge in [-0.05, 0) is 57.7 Å². The maximum absolute atomic E-state index is 2.67. The zero-order valence-electron chi connectivity index (χ0n) is 11.7. The third kappa shape index (κ3) is 2.55. The maximum Gasteiger partial charge on any atom is 0.0356 e. The minimum Gasteiger partial charge on any atom is -0.291 e. The molecule has 0 amide bonds. The predicted molar refractivity (Wildman–Crippen MR) is 74.3 cm³/mol. The van der Waals surface area contributed by atoms with E-state index in [0.717, 1.165) is 6.42 Å². The summed E-state index contributed by atoms with van der Waals surface area (Å²) in [6, 6.07) is 9.60. The molecule has 0 aliphatic carbocycles. The van der Waals surface area contributed by atoms with Crippen LogP contribution in [0.15, 0.2) is 24.3 Å². The minimum absolute atomic E-state index is 0.280. The van der Waals surface area contributed by atoms with Crippen LogP contribution < -0.4 is 0 Å². The number of likely N-dealkylation sites (tertiary alicyclic amines) is 1. The monoisotopic (exact) mass is 231 g/mol. The summed E-state index contributed by atoms with van der Waals surface area (Å²) in [5.74, 6) is 0. The average molecular weight is 231 g/mol.